The number of aromatic hydroxyl groups is 2. The number of phenolic OH excluding ortho intramolecular Hbond substituents is 2. The molecule has 1 heterocycles. The number of ether oxygens (including phenoxy) is 1. The van der Waals surface area contributed by atoms with Crippen LogP contribution in [0.3, 0.4) is 0 Å². The largest absolute Gasteiger partial charge is 0.508 e. The smallest absolute Gasteiger partial charge is 0.142 e. The van der Waals surface area contributed by atoms with Crippen LogP contribution in [0.4, 0.5) is 0 Å². The number of hydrogen-bond acceptors (Lipinski definition) is 3. The zero-order chi connectivity index (χ0) is 13.4. The number of benzene rings is 2. The molecule has 2 aromatic rings. The van der Waals surface area contributed by atoms with Crippen molar-refractivity contribution < 1.29 is 14.9 Å². The van der Waals surface area contributed by atoms with E-state index in [1.54, 1.807) is 6.08 Å². The van der Waals surface area contributed by atoms with Gasteiger partial charge in [0.1, 0.15) is 23.0 Å². The molecule has 0 unspecified atom stereocenters. The molecule has 0 bridgehead atoms. The van der Waals surface area contributed by atoms with Gasteiger partial charge in [0, 0.05) is 17.7 Å². The predicted octanol–water partition coefficient (Wildman–Crippen LogP) is 3.44. The molecule has 0 atom stereocenters. The Morgan fingerprint density at radius 2 is 1.74 bits per heavy atom. The molecule has 2 N–H and O–H groups in total. The summed E-state index contributed by atoms with van der Waals surface area (Å²) in [5, 5.41) is 19.6. The molecular formula is C16H12O3. The molecule has 3 rings (SSSR count). The predicted molar refractivity (Wildman–Crippen MR) is 73.1 cm³/mol. The highest BCUT2D eigenvalue weighted by Crippen LogP contribution is 2.44. The Labute approximate surface area is 110 Å². The lowest BCUT2D eigenvalue weighted by Crippen LogP contribution is -2.03. The average molecular weight is 252 g/mol. The molecule has 0 aliphatic carbocycles. The Bertz CT molecular complexity index is 685. The van der Waals surface area contributed by atoms with Gasteiger partial charge in [-0.25, -0.2) is 0 Å². The highest BCUT2D eigenvalue weighted by atomic mass is 16.5. The van der Waals surface area contributed by atoms with Gasteiger partial charge in [0.15, 0.2) is 0 Å². The van der Waals surface area contributed by atoms with Crippen LogP contribution in [-0.4, -0.2) is 10.2 Å². The van der Waals surface area contributed by atoms with E-state index >= 15 is 0 Å². The summed E-state index contributed by atoms with van der Waals surface area (Å²) in [5.74, 6) is 0.816. The van der Waals surface area contributed by atoms with Gasteiger partial charge >= 0.3 is 0 Å². The molecule has 0 aromatic heterocycles. The van der Waals surface area contributed by atoms with Crippen LogP contribution in [0.5, 0.6) is 17.2 Å². The van der Waals surface area contributed by atoms with E-state index < -0.39 is 0 Å². The Morgan fingerprint density at radius 3 is 2.47 bits per heavy atom. The van der Waals surface area contributed by atoms with Crippen LogP contribution in [0, 0.1) is 0 Å². The zero-order valence-electron chi connectivity index (χ0n) is 10.1. The molecule has 0 amide bonds. The second kappa shape index (κ2) is 4.21. The third-order valence-electron chi connectivity index (χ3n) is 2.97. The van der Waals surface area contributed by atoms with Crippen molar-refractivity contribution in [1.82, 2.24) is 0 Å². The van der Waals surface area contributed by atoms with Crippen molar-refractivity contribution in [2.75, 3.05) is 0 Å². The SMILES string of the molecule is C=C1C=C(c2ccccc2)c2c(O)cc(O)cc2O1. The van der Waals surface area contributed by atoms with E-state index in [0.29, 0.717) is 17.1 Å². The van der Waals surface area contributed by atoms with Crippen molar-refractivity contribution in [1.29, 1.82) is 0 Å². The first kappa shape index (κ1) is 11.4. The summed E-state index contributed by atoms with van der Waals surface area (Å²) < 4.78 is 5.45. The van der Waals surface area contributed by atoms with E-state index in [9.17, 15) is 10.2 Å². The molecule has 1 aliphatic rings. The fraction of sp³-hybridized carbons (Fsp3) is 0. The monoisotopic (exact) mass is 252 g/mol. The molecule has 2 aromatic carbocycles. The molecule has 19 heavy (non-hydrogen) atoms. The highest BCUT2D eigenvalue weighted by molar-refractivity contribution is 5.88. The summed E-state index contributed by atoms with van der Waals surface area (Å²) in [4.78, 5) is 0. The van der Waals surface area contributed by atoms with Crippen LogP contribution < -0.4 is 4.74 Å². The quantitative estimate of drug-likeness (QED) is 0.817. The molecule has 94 valence electrons. The lowest BCUT2D eigenvalue weighted by Gasteiger charge is -2.21. The highest BCUT2D eigenvalue weighted by Gasteiger charge is 2.22. The van der Waals surface area contributed by atoms with E-state index in [-0.39, 0.29) is 11.5 Å². The minimum Gasteiger partial charge on any atom is -0.508 e. The van der Waals surface area contributed by atoms with Gasteiger partial charge in [-0.3, -0.25) is 0 Å². The third-order valence-corrected chi connectivity index (χ3v) is 2.97. The molecule has 3 nitrogen and oxygen atoms in total. The van der Waals surface area contributed by atoms with Crippen molar-refractivity contribution in [3.05, 3.63) is 72.0 Å². The van der Waals surface area contributed by atoms with Gasteiger partial charge in [-0.05, 0) is 11.6 Å². The van der Waals surface area contributed by atoms with Crippen LogP contribution in [0.2, 0.25) is 0 Å². The normalized spacial score (nSPS) is 13.5. The molecule has 0 saturated heterocycles. The number of phenols is 2. The van der Waals surface area contributed by atoms with Gasteiger partial charge in [0.05, 0.1) is 5.56 Å². The molecule has 0 saturated carbocycles. The van der Waals surface area contributed by atoms with Crippen LogP contribution >= 0.6 is 0 Å². The molecule has 1 aliphatic heterocycles. The Kier molecular flexibility index (Phi) is 2.53. The summed E-state index contributed by atoms with van der Waals surface area (Å²) in [6.45, 7) is 3.79. The standard InChI is InChI=1S/C16H12O3/c1-10-7-13(11-5-3-2-4-6-11)16-14(18)8-12(17)9-15(16)19-10/h2-9,17-18H,1H2. The Morgan fingerprint density at radius 1 is 1.00 bits per heavy atom. The fourth-order valence-electron chi connectivity index (χ4n) is 2.19. The van der Waals surface area contributed by atoms with Crippen molar-refractivity contribution in [3.8, 4) is 17.2 Å². The van der Waals surface area contributed by atoms with Crippen molar-refractivity contribution >= 4 is 5.57 Å². The van der Waals surface area contributed by atoms with Gasteiger partial charge in [0.2, 0.25) is 0 Å². The van der Waals surface area contributed by atoms with Crippen LogP contribution in [0.1, 0.15) is 11.1 Å². The Balaban J connectivity index is 2.25. The maximum Gasteiger partial charge on any atom is 0.142 e. The lowest BCUT2D eigenvalue weighted by molar-refractivity contribution is 0.412. The number of hydrogen-bond donors (Lipinski definition) is 2. The summed E-state index contributed by atoms with van der Waals surface area (Å²) >= 11 is 0. The van der Waals surface area contributed by atoms with Gasteiger partial charge in [-0.2, -0.15) is 0 Å². The maximum atomic E-state index is 10.0. The van der Waals surface area contributed by atoms with Crippen molar-refractivity contribution in [2.24, 2.45) is 0 Å². The van der Waals surface area contributed by atoms with E-state index in [1.807, 2.05) is 30.3 Å². The van der Waals surface area contributed by atoms with Gasteiger partial charge in [-0.1, -0.05) is 36.9 Å². The summed E-state index contributed by atoms with van der Waals surface area (Å²) in [6, 6.07) is 12.4. The van der Waals surface area contributed by atoms with Crippen LogP contribution in [0.15, 0.2) is 60.9 Å². The van der Waals surface area contributed by atoms with E-state index in [0.717, 1.165) is 11.1 Å². The lowest BCUT2D eigenvalue weighted by atomic mass is 9.94. The third kappa shape index (κ3) is 1.95. The zero-order valence-corrected chi connectivity index (χ0v) is 10.1. The second-order valence-corrected chi connectivity index (χ2v) is 4.33. The topological polar surface area (TPSA) is 49.7 Å². The number of rotatable bonds is 1. The summed E-state index contributed by atoms with van der Waals surface area (Å²) in [5.41, 5.74) is 2.34. The molecule has 0 radical (unpaired) electrons. The molecule has 0 spiro atoms. The second-order valence-electron chi connectivity index (χ2n) is 4.33. The number of fused-ring (bicyclic) bond motifs is 1. The van der Waals surface area contributed by atoms with Crippen LogP contribution in [0.25, 0.3) is 5.57 Å². The average Bonchev–Trinajstić information content (AvgIpc) is 2.38. The van der Waals surface area contributed by atoms with Gasteiger partial charge in [-0.15, -0.1) is 0 Å². The molecular weight excluding hydrogens is 240 g/mol. The van der Waals surface area contributed by atoms with Crippen LogP contribution in [-0.2, 0) is 0 Å². The van der Waals surface area contributed by atoms with E-state index in [2.05, 4.69) is 6.58 Å². The van der Waals surface area contributed by atoms with E-state index in [1.165, 1.54) is 12.1 Å². The van der Waals surface area contributed by atoms with Gasteiger partial charge in [0.25, 0.3) is 0 Å². The fourth-order valence-corrected chi connectivity index (χ4v) is 2.19. The first-order chi connectivity index (χ1) is 9.15. The van der Waals surface area contributed by atoms with Gasteiger partial charge < -0.3 is 14.9 Å². The van der Waals surface area contributed by atoms with Crippen molar-refractivity contribution in [2.45, 2.75) is 0 Å². The van der Waals surface area contributed by atoms with Crippen molar-refractivity contribution in [3.63, 3.8) is 0 Å². The molecule has 3 heteroatoms. The summed E-state index contributed by atoms with van der Waals surface area (Å²) in [7, 11) is 0. The first-order valence-corrected chi connectivity index (χ1v) is 5.85. The minimum atomic E-state index is -0.0432. The first-order valence-electron chi connectivity index (χ1n) is 5.85. The summed E-state index contributed by atoms with van der Waals surface area (Å²) in [6.07, 6.45) is 1.77. The Hall–Kier alpha value is -2.68. The molecule has 0 fully saturated rings. The van der Waals surface area contributed by atoms with E-state index in [4.69, 9.17) is 4.74 Å². The number of allylic oxidation sites excluding steroid dienone is 1. The maximum absolute atomic E-state index is 10.0. The minimum absolute atomic E-state index is 0.0161.